The monoisotopic (exact) mass is 416 g/mol. The summed E-state index contributed by atoms with van der Waals surface area (Å²) >= 11 is 0. The van der Waals surface area contributed by atoms with E-state index in [0.717, 1.165) is 12.8 Å². The Morgan fingerprint density at radius 1 is 1.20 bits per heavy atom. The number of halogens is 3. The van der Waals surface area contributed by atoms with E-state index in [0.29, 0.717) is 28.1 Å². The Bertz CT molecular complexity index is 1110. The van der Waals surface area contributed by atoms with E-state index in [2.05, 4.69) is 20.3 Å². The van der Waals surface area contributed by atoms with E-state index >= 15 is 0 Å². The Kier molecular flexibility index (Phi) is 4.97. The first-order valence-electron chi connectivity index (χ1n) is 9.45. The van der Waals surface area contributed by atoms with Gasteiger partial charge >= 0.3 is 6.36 Å². The molecule has 3 N–H and O–H groups in total. The van der Waals surface area contributed by atoms with Crippen LogP contribution in [0.4, 0.5) is 18.9 Å². The molecule has 1 aliphatic carbocycles. The molecular weight excluding hydrogens is 397 g/mol. The summed E-state index contributed by atoms with van der Waals surface area (Å²) in [5, 5.41) is 12.0. The van der Waals surface area contributed by atoms with Crippen LogP contribution in [0, 0.1) is 5.92 Å². The van der Waals surface area contributed by atoms with E-state index < -0.39 is 12.3 Å². The summed E-state index contributed by atoms with van der Waals surface area (Å²) in [5.74, 6) is -0.505. The van der Waals surface area contributed by atoms with E-state index in [1.165, 1.54) is 18.2 Å². The first-order valence-corrected chi connectivity index (χ1v) is 9.45. The van der Waals surface area contributed by atoms with Crippen molar-refractivity contribution in [3.63, 3.8) is 0 Å². The number of rotatable bonds is 6. The second kappa shape index (κ2) is 7.47. The lowest BCUT2D eigenvalue weighted by molar-refractivity contribution is -0.274. The minimum Gasteiger partial charge on any atom is -0.405 e. The number of alkyl halides is 3. The molecule has 0 saturated heterocycles. The van der Waals surface area contributed by atoms with Crippen molar-refractivity contribution in [3.05, 3.63) is 48.2 Å². The van der Waals surface area contributed by atoms with Gasteiger partial charge in [0.2, 0.25) is 0 Å². The summed E-state index contributed by atoms with van der Waals surface area (Å²) in [6, 6.07) is 10.9. The fourth-order valence-corrected chi connectivity index (χ4v) is 3.45. The molecule has 1 saturated carbocycles. The summed E-state index contributed by atoms with van der Waals surface area (Å²) in [5.41, 5.74) is 7.14. The van der Waals surface area contributed by atoms with Crippen molar-refractivity contribution in [2.24, 2.45) is 11.7 Å². The fourth-order valence-electron chi connectivity index (χ4n) is 3.45. The van der Waals surface area contributed by atoms with E-state index in [4.69, 9.17) is 5.73 Å². The Morgan fingerprint density at radius 2 is 1.93 bits per heavy atom. The average Bonchev–Trinajstić information content (AvgIpc) is 3.52. The van der Waals surface area contributed by atoms with Gasteiger partial charge < -0.3 is 15.8 Å². The van der Waals surface area contributed by atoms with Crippen molar-refractivity contribution in [3.8, 4) is 16.9 Å². The Hall–Kier alpha value is -3.36. The predicted octanol–water partition coefficient (Wildman–Crippen LogP) is 4.50. The van der Waals surface area contributed by atoms with Gasteiger partial charge in [0, 0.05) is 17.0 Å². The number of para-hydroxylation sites is 1. The summed E-state index contributed by atoms with van der Waals surface area (Å²) in [6.07, 6.45) is -2.59. The maximum Gasteiger partial charge on any atom is 0.573 e. The number of benzene rings is 2. The van der Waals surface area contributed by atoms with Crippen molar-refractivity contribution < 1.29 is 22.7 Å². The predicted molar refractivity (Wildman–Crippen MR) is 106 cm³/mol. The number of carbonyl (C=O) groups excluding carboxylic acids is 1. The average molecular weight is 416 g/mol. The third kappa shape index (κ3) is 4.14. The number of ether oxygens (including phenoxy) is 1. The van der Waals surface area contributed by atoms with Crippen LogP contribution in [0.3, 0.4) is 0 Å². The number of primary amides is 1. The summed E-state index contributed by atoms with van der Waals surface area (Å²) in [4.78, 5) is 11.9. The Balaban J connectivity index is 1.79. The smallest absolute Gasteiger partial charge is 0.405 e. The van der Waals surface area contributed by atoms with Gasteiger partial charge in [-0.05, 0) is 49.4 Å². The molecule has 0 spiro atoms. The van der Waals surface area contributed by atoms with Crippen LogP contribution in [0.5, 0.6) is 5.75 Å². The lowest BCUT2D eigenvalue weighted by Gasteiger charge is -2.18. The molecule has 0 radical (unpaired) electrons. The van der Waals surface area contributed by atoms with E-state index in [1.807, 2.05) is 6.92 Å². The molecule has 1 heterocycles. The Labute approximate surface area is 170 Å². The number of amides is 1. The third-order valence-corrected chi connectivity index (χ3v) is 5.12. The highest BCUT2D eigenvalue weighted by Gasteiger charge is 2.32. The van der Waals surface area contributed by atoms with Crippen LogP contribution in [0.25, 0.3) is 22.0 Å². The van der Waals surface area contributed by atoms with Gasteiger partial charge in [0.05, 0.1) is 11.2 Å². The van der Waals surface area contributed by atoms with Gasteiger partial charge in [0.25, 0.3) is 5.91 Å². The number of fused-ring (bicyclic) bond motifs is 1. The maximum atomic E-state index is 12.8. The second-order valence-electron chi connectivity index (χ2n) is 7.33. The number of hydrogen-bond donors (Lipinski definition) is 2. The summed E-state index contributed by atoms with van der Waals surface area (Å²) in [6.45, 7) is 2.02. The van der Waals surface area contributed by atoms with Crippen molar-refractivity contribution in [1.29, 1.82) is 0 Å². The first-order chi connectivity index (χ1) is 14.2. The van der Waals surface area contributed by atoms with E-state index in [1.54, 1.807) is 24.3 Å². The fraction of sp³-hybridized carbons (Fsp3) is 0.286. The van der Waals surface area contributed by atoms with Gasteiger partial charge in [-0.1, -0.05) is 24.3 Å². The first kappa shape index (κ1) is 19.9. The number of nitrogens with two attached hydrogens (primary N) is 1. The van der Waals surface area contributed by atoms with Crippen molar-refractivity contribution in [2.75, 3.05) is 5.32 Å². The summed E-state index contributed by atoms with van der Waals surface area (Å²) < 4.78 is 42.4. The molecule has 1 fully saturated rings. The van der Waals surface area contributed by atoms with Crippen LogP contribution in [0.1, 0.15) is 30.3 Å². The molecule has 2 aromatic carbocycles. The van der Waals surface area contributed by atoms with Gasteiger partial charge in [-0.25, -0.2) is 0 Å². The normalized spacial score (nSPS) is 15.1. The van der Waals surface area contributed by atoms with Gasteiger partial charge in [-0.3, -0.25) is 4.79 Å². The SMILES string of the molecule is CC(Nc1c(C(N)=O)nnc2cc(-c3ccccc3OC(F)(F)F)ccc12)C1CC1. The van der Waals surface area contributed by atoms with E-state index in [-0.39, 0.29) is 23.0 Å². The van der Waals surface area contributed by atoms with Crippen molar-refractivity contribution in [2.45, 2.75) is 32.2 Å². The van der Waals surface area contributed by atoms with Gasteiger partial charge in [0.15, 0.2) is 5.69 Å². The van der Waals surface area contributed by atoms with Gasteiger partial charge in [0.1, 0.15) is 5.75 Å². The highest BCUT2D eigenvalue weighted by molar-refractivity contribution is 6.05. The number of aromatic nitrogens is 2. The zero-order valence-electron chi connectivity index (χ0n) is 16.0. The molecule has 1 amide bonds. The molecule has 0 bridgehead atoms. The molecule has 0 aliphatic heterocycles. The van der Waals surface area contributed by atoms with Crippen LogP contribution in [0.2, 0.25) is 0 Å². The molecule has 6 nitrogen and oxygen atoms in total. The molecule has 1 aromatic heterocycles. The topological polar surface area (TPSA) is 90.1 Å². The lowest BCUT2D eigenvalue weighted by atomic mass is 10.0. The van der Waals surface area contributed by atoms with Crippen LogP contribution in [0.15, 0.2) is 42.5 Å². The van der Waals surface area contributed by atoms with Gasteiger partial charge in [-0.2, -0.15) is 0 Å². The molecule has 30 heavy (non-hydrogen) atoms. The number of nitrogens with zero attached hydrogens (tertiary/aromatic N) is 2. The molecule has 1 aliphatic rings. The molecule has 156 valence electrons. The minimum atomic E-state index is -4.81. The largest absolute Gasteiger partial charge is 0.573 e. The van der Waals surface area contributed by atoms with Crippen molar-refractivity contribution >= 4 is 22.5 Å². The zero-order chi connectivity index (χ0) is 21.5. The summed E-state index contributed by atoms with van der Waals surface area (Å²) in [7, 11) is 0. The molecule has 4 rings (SSSR count). The van der Waals surface area contributed by atoms with Gasteiger partial charge in [-0.15, -0.1) is 23.4 Å². The highest BCUT2D eigenvalue weighted by atomic mass is 19.4. The zero-order valence-corrected chi connectivity index (χ0v) is 16.0. The van der Waals surface area contributed by atoms with Crippen LogP contribution in [-0.4, -0.2) is 28.5 Å². The molecule has 3 aromatic rings. The number of carbonyl (C=O) groups is 1. The maximum absolute atomic E-state index is 12.8. The number of anilines is 1. The van der Waals surface area contributed by atoms with E-state index in [9.17, 15) is 18.0 Å². The molecule has 1 unspecified atom stereocenters. The third-order valence-electron chi connectivity index (χ3n) is 5.12. The molecule has 9 heteroatoms. The van der Waals surface area contributed by atoms with Crippen LogP contribution in [-0.2, 0) is 0 Å². The lowest BCUT2D eigenvalue weighted by Crippen LogP contribution is -2.23. The second-order valence-corrected chi connectivity index (χ2v) is 7.33. The van der Waals surface area contributed by atoms with Crippen molar-refractivity contribution in [1.82, 2.24) is 10.2 Å². The number of nitrogens with one attached hydrogen (secondary N) is 1. The quantitative estimate of drug-likeness (QED) is 0.617. The van der Waals surface area contributed by atoms with Crippen LogP contribution >= 0.6 is 0 Å². The minimum absolute atomic E-state index is 0.0311. The van der Waals surface area contributed by atoms with Crippen LogP contribution < -0.4 is 15.8 Å². The Morgan fingerprint density at radius 3 is 2.60 bits per heavy atom. The molecular formula is C21H19F3N4O2. The molecule has 1 atom stereocenters. The number of hydrogen-bond acceptors (Lipinski definition) is 5. The highest BCUT2D eigenvalue weighted by Crippen LogP contribution is 2.38. The standard InChI is InChI=1S/C21H19F3N4O2/c1-11(12-6-7-12)26-18-15-9-8-13(10-16(15)27-28-19(18)20(25)29)14-4-2-3-5-17(14)30-21(22,23)24/h2-5,8-12H,6-7H2,1H3,(H2,25,29)(H,26,27).